The van der Waals surface area contributed by atoms with E-state index in [9.17, 15) is 9.59 Å². The Morgan fingerprint density at radius 1 is 1.27 bits per heavy atom. The van der Waals surface area contributed by atoms with Gasteiger partial charge in [0.15, 0.2) is 0 Å². The van der Waals surface area contributed by atoms with E-state index in [1.165, 1.54) is 11.1 Å². The van der Waals surface area contributed by atoms with E-state index in [0.717, 1.165) is 44.3 Å². The maximum atomic E-state index is 12.8. The highest BCUT2D eigenvalue weighted by Crippen LogP contribution is 2.21. The highest BCUT2D eigenvalue weighted by molar-refractivity contribution is 5.94. The molecular formula is C20H29N3O3. The number of benzene rings is 1. The van der Waals surface area contributed by atoms with Crippen LogP contribution in [0.3, 0.4) is 0 Å². The molecule has 3 rings (SSSR count). The number of hydrogen-bond donors (Lipinski definition) is 1. The second-order valence-corrected chi connectivity index (χ2v) is 7.34. The number of amides is 2. The predicted octanol–water partition coefficient (Wildman–Crippen LogP) is 2.42. The SMILES string of the molecule is CCCCOC(=O)N[C@@H]1CCN(C(=O)c2ccc3c(c2)CCN(C)C3)C1. The first-order valence-corrected chi connectivity index (χ1v) is 9.59. The van der Waals surface area contributed by atoms with Crippen molar-refractivity contribution in [2.75, 3.05) is 33.3 Å². The van der Waals surface area contributed by atoms with Crippen LogP contribution in [0.25, 0.3) is 0 Å². The van der Waals surface area contributed by atoms with Gasteiger partial charge in [0.2, 0.25) is 0 Å². The number of fused-ring (bicyclic) bond motifs is 1. The van der Waals surface area contributed by atoms with Crippen molar-refractivity contribution in [3.8, 4) is 0 Å². The number of likely N-dealkylation sites (tertiary alicyclic amines) is 1. The van der Waals surface area contributed by atoms with Crippen LogP contribution >= 0.6 is 0 Å². The van der Waals surface area contributed by atoms with Gasteiger partial charge in [-0.2, -0.15) is 0 Å². The highest BCUT2D eigenvalue weighted by Gasteiger charge is 2.28. The van der Waals surface area contributed by atoms with E-state index in [1.807, 2.05) is 17.0 Å². The van der Waals surface area contributed by atoms with Crippen LogP contribution in [0.5, 0.6) is 0 Å². The fourth-order valence-electron chi connectivity index (χ4n) is 3.59. The topological polar surface area (TPSA) is 61.9 Å². The fraction of sp³-hybridized carbons (Fsp3) is 0.600. The van der Waals surface area contributed by atoms with Crippen LogP contribution in [0, 0.1) is 0 Å². The molecule has 2 aliphatic rings. The van der Waals surface area contributed by atoms with Crippen molar-refractivity contribution in [1.82, 2.24) is 15.1 Å². The molecule has 0 aromatic heterocycles. The standard InChI is InChI=1S/C20H29N3O3/c1-3-4-11-26-20(25)21-18-8-10-23(14-18)19(24)16-5-6-17-13-22(2)9-7-15(17)12-16/h5-6,12,18H,3-4,7-11,13-14H2,1-2H3,(H,21,25)/t18-/m1/s1. The average molecular weight is 359 g/mol. The Morgan fingerprint density at radius 3 is 2.92 bits per heavy atom. The highest BCUT2D eigenvalue weighted by atomic mass is 16.5. The summed E-state index contributed by atoms with van der Waals surface area (Å²) in [5.74, 6) is 0.0513. The van der Waals surface area contributed by atoms with Gasteiger partial charge in [0, 0.05) is 31.7 Å². The number of carbonyl (C=O) groups excluding carboxylic acids is 2. The minimum absolute atomic E-state index is 0.0284. The lowest BCUT2D eigenvalue weighted by atomic mass is 9.97. The van der Waals surface area contributed by atoms with Gasteiger partial charge in [0.05, 0.1) is 12.6 Å². The summed E-state index contributed by atoms with van der Waals surface area (Å²) >= 11 is 0. The van der Waals surface area contributed by atoms with E-state index >= 15 is 0 Å². The summed E-state index contributed by atoms with van der Waals surface area (Å²) in [6, 6.07) is 6.03. The molecule has 0 bridgehead atoms. The Labute approximate surface area is 155 Å². The van der Waals surface area contributed by atoms with E-state index in [4.69, 9.17) is 4.74 Å². The second kappa shape index (κ2) is 8.54. The summed E-state index contributed by atoms with van der Waals surface area (Å²) < 4.78 is 5.14. The van der Waals surface area contributed by atoms with Gasteiger partial charge in [-0.15, -0.1) is 0 Å². The van der Waals surface area contributed by atoms with E-state index in [2.05, 4.69) is 30.3 Å². The van der Waals surface area contributed by atoms with Gasteiger partial charge in [-0.25, -0.2) is 4.79 Å². The van der Waals surface area contributed by atoms with Crippen molar-refractivity contribution < 1.29 is 14.3 Å². The van der Waals surface area contributed by atoms with Gasteiger partial charge >= 0.3 is 6.09 Å². The first-order valence-electron chi connectivity index (χ1n) is 9.59. The van der Waals surface area contributed by atoms with Crippen molar-refractivity contribution in [3.05, 3.63) is 34.9 Å². The molecule has 26 heavy (non-hydrogen) atoms. The number of alkyl carbamates (subject to hydrolysis) is 1. The smallest absolute Gasteiger partial charge is 0.407 e. The van der Waals surface area contributed by atoms with E-state index in [-0.39, 0.29) is 18.0 Å². The van der Waals surface area contributed by atoms with Crippen LogP contribution in [0.2, 0.25) is 0 Å². The van der Waals surface area contributed by atoms with Crippen LogP contribution in [-0.4, -0.2) is 61.1 Å². The van der Waals surface area contributed by atoms with Crippen LogP contribution in [0.15, 0.2) is 18.2 Å². The Balaban J connectivity index is 1.54. The maximum absolute atomic E-state index is 12.8. The number of carbonyl (C=O) groups is 2. The molecule has 0 unspecified atom stereocenters. The summed E-state index contributed by atoms with van der Waals surface area (Å²) in [4.78, 5) is 28.7. The van der Waals surface area contributed by atoms with E-state index < -0.39 is 0 Å². The summed E-state index contributed by atoms with van der Waals surface area (Å²) in [7, 11) is 2.12. The Hall–Kier alpha value is -2.08. The number of nitrogens with one attached hydrogen (secondary N) is 1. The molecule has 2 amide bonds. The zero-order valence-electron chi connectivity index (χ0n) is 15.8. The molecule has 0 aliphatic carbocycles. The average Bonchev–Trinajstić information content (AvgIpc) is 3.09. The normalized spacial score (nSPS) is 19.9. The molecule has 1 fully saturated rings. The van der Waals surface area contributed by atoms with Gasteiger partial charge in [-0.05, 0) is 49.6 Å². The van der Waals surface area contributed by atoms with Crippen molar-refractivity contribution >= 4 is 12.0 Å². The fourth-order valence-corrected chi connectivity index (χ4v) is 3.59. The number of rotatable bonds is 5. The van der Waals surface area contributed by atoms with Crippen molar-refractivity contribution in [2.45, 2.75) is 45.2 Å². The molecule has 6 nitrogen and oxygen atoms in total. The van der Waals surface area contributed by atoms with E-state index in [1.54, 1.807) is 0 Å². The van der Waals surface area contributed by atoms with Crippen molar-refractivity contribution in [1.29, 1.82) is 0 Å². The van der Waals surface area contributed by atoms with Gasteiger partial charge in [0.1, 0.15) is 0 Å². The van der Waals surface area contributed by atoms with Crippen LogP contribution < -0.4 is 5.32 Å². The molecule has 0 saturated carbocycles. The molecule has 142 valence electrons. The zero-order chi connectivity index (χ0) is 18.5. The third-order valence-electron chi connectivity index (χ3n) is 5.18. The molecule has 1 aromatic rings. The molecule has 2 aliphatic heterocycles. The van der Waals surface area contributed by atoms with Gasteiger partial charge in [-0.3, -0.25) is 4.79 Å². The lowest BCUT2D eigenvalue weighted by molar-refractivity contribution is 0.0787. The van der Waals surface area contributed by atoms with Crippen molar-refractivity contribution in [3.63, 3.8) is 0 Å². The molecule has 1 N–H and O–H groups in total. The summed E-state index contributed by atoms with van der Waals surface area (Å²) in [6.45, 7) is 5.68. The first kappa shape index (κ1) is 18.7. The minimum atomic E-state index is -0.379. The molecule has 0 spiro atoms. The Bertz CT molecular complexity index is 662. The quantitative estimate of drug-likeness (QED) is 0.820. The Kier molecular flexibility index (Phi) is 6.14. The largest absolute Gasteiger partial charge is 0.450 e. The third-order valence-corrected chi connectivity index (χ3v) is 5.18. The third kappa shape index (κ3) is 4.55. The summed E-state index contributed by atoms with van der Waals surface area (Å²) in [5.41, 5.74) is 3.34. The van der Waals surface area contributed by atoms with Crippen LogP contribution in [0.4, 0.5) is 4.79 Å². The molecular weight excluding hydrogens is 330 g/mol. The number of nitrogens with zero attached hydrogens (tertiary/aromatic N) is 2. The van der Waals surface area contributed by atoms with Crippen LogP contribution in [0.1, 0.15) is 47.7 Å². The number of ether oxygens (including phenoxy) is 1. The number of likely N-dealkylation sites (N-methyl/N-ethyl adjacent to an activating group) is 1. The lowest BCUT2D eigenvalue weighted by Crippen LogP contribution is -2.39. The molecule has 1 saturated heterocycles. The van der Waals surface area contributed by atoms with Gasteiger partial charge in [0.25, 0.3) is 5.91 Å². The monoisotopic (exact) mass is 359 g/mol. The number of hydrogen-bond acceptors (Lipinski definition) is 4. The minimum Gasteiger partial charge on any atom is -0.450 e. The van der Waals surface area contributed by atoms with Crippen molar-refractivity contribution in [2.24, 2.45) is 0 Å². The summed E-state index contributed by atoms with van der Waals surface area (Å²) in [6.07, 6.45) is 3.24. The maximum Gasteiger partial charge on any atom is 0.407 e. The second-order valence-electron chi connectivity index (χ2n) is 7.34. The summed E-state index contributed by atoms with van der Waals surface area (Å²) in [5, 5.41) is 2.87. The first-order chi connectivity index (χ1) is 12.6. The molecule has 6 heteroatoms. The molecule has 1 aromatic carbocycles. The molecule has 0 radical (unpaired) electrons. The molecule has 2 heterocycles. The number of unbranched alkanes of at least 4 members (excludes halogenated alkanes) is 1. The Morgan fingerprint density at radius 2 is 2.12 bits per heavy atom. The molecule has 1 atom stereocenters. The van der Waals surface area contributed by atoms with Gasteiger partial charge < -0.3 is 19.9 Å². The lowest BCUT2D eigenvalue weighted by Gasteiger charge is -2.25. The predicted molar refractivity (Wildman–Crippen MR) is 100 cm³/mol. The van der Waals surface area contributed by atoms with Gasteiger partial charge in [-0.1, -0.05) is 19.4 Å². The van der Waals surface area contributed by atoms with Crippen LogP contribution in [-0.2, 0) is 17.7 Å². The van der Waals surface area contributed by atoms with E-state index in [0.29, 0.717) is 19.7 Å². The zero-order valence-corrected chi connectivity index (χ0v) is 15.8.